The number of ketones is 1. The summed E-state index contributed by atoms with van der Waals surface area (Å²) >= 11 is 0. The number of aliphatic hydroxyl groups excluding tert-OH is 1. The van der Waals surface area contributed by atoms with Crippen molar-refractivity contribution in [3.8, 4) is 11.5 Å². The first-order valence-electron chi connectivity index (χ1n) is 11.2. The molecule has 1 unspecified atom stereocenters. The normalized spacial score (nSPS) is 17.6. The van der Waals surface area contributed by atoms with Crippen molar-refractivity contribution in [1.82, 2.24) is 9.80 Å². The number of likely N-dealkylation sites (tertiary alicyclic amines) is 1. The second-order valence-electron chi connectivity index (χ2n) is 8.30. The van der Waals surface area contributed by atoms with Crippen LogP contribution in [-0.2, 0) is 9.59 Å². The highest BCUT2D eigenvalue weighted by atomic mass is 16.5. The van der Waals surface area contributed by atoms with E-state index in [4.69, 9.17) is 9.47 Å². The maximum Gasteiger partial charge on any atom is 0.295 e. The molecule has 1 aliphatic rings. The number of likely N-dealkylation sites (N-methyl/N-ethyl adjacent to an activating group) is 1. The molecule has 1 fully saturated rings. The van der Waals surface area contributed by atoms with E-state index >= 15 is 0 Å². The number of ether oxygens (including phenoxy) is 2. The van der Waals surface area contributed by atoms with Crippen LogP contribution in [0.1, 0.15) is 36.9 Å². The second kappa shape index (κ2) is 11.0. The molecule has 176 valence electrons. The van der Waals surface area contributed by atoms with Crippen LogP contribution in [0.5, 0.6) is 11.5 Å². The Balaban J connectivity index is 2.08. The van der Waals surface area contributed by atoms with Crippen molar-refractivity contribution in [1.29, 1.82) is 0 Å². The van der Waals surface area contributed by atoms with Crippen molar-refractivity contribution >= 4 is 17.4 Å². The lowest BCUT2D eigenvalue weighted by molar-refractivity contribution is -0.140. The molecule has 1 heterocycles. The summed E-state index contributed by atoms with van der Waals surface area (Å²) < 4.78 is 11.1. The Morgan fingerprint density at radius 3 is 2.52 bits per heavy atom. The lowest BCUT2D eigenvalue weighted by atomic mass is 9.95. The molecule has 1 N–H and O–H groups in total. The fourth-order valence-corrected chi connectivity index (χ4v) is 3.80. The summed E-state index contributed by atoms with van der Waals surface area (Å²) in [5, 5.41) is 11.2. The quantitative estimate of drug-likeness (QED) is 0.255. The molecule has 0 spiro atoms. The van der Waals surface area contributed by atoms with Gasteiger partial charge in [0.25, 0.3) is 11.7 Å². The Hall–Kier alpha value is -3.32. The highest BCUT2D eigenvalue weighted by molar-refractivity contribution is 6.46. The first-order valence-corrected chi connectivity index (χ1v) is 11.2. The molecule has 0 aliphatic carbocycles. The molecule has 1 amide bonds. The number of amides is 1. The number of aliphatic hydroxyl groups is 1. The standard InChI is InChI=1S/C26H32N2O5/c1-5-6-15-33-21-12-8-10-19(17-21)24(29)22-23(18-9-7-11-20(16-18)32-4)28(14-13-27(2)3)26(31)25(22)30/h7-12,16-17,23,29H,5-6,13-15H2,1-4H3/b24-22+. The van der Waals surface area contributed by atoms with Crippen LogP contribution in [-0.4, -0.2) is 67.5 Å². The van der Waals surface area contributed by atoms with Gasteiger partial charge in [0, 0.05) is 18.7 Å². The molecule has 0 aromatic heterocycles. The van der Waals surface area contributed by atoms with E-state index < -0.39 is 17.7 Å². The van der Waals surface area contributed by atoms with Crippen LogP contribution in [0.4, 0.5) is 0 Å². The maximum absolute atomic E-state index is 13.1. The molecule has 7 nitrogen and oxygen atoms in total. The number of rotatable bonds is 10. The van der Waals surface area contributed by atoms with Crippen LogP contribution in [0.15, 0.2) is 54.1 Å². The molecular weight excluding hydrogens is 420 g/mol. The minimum absolute atomic E-state index is 0.0673. The van der Waals surface area contributed by atoms with Gasteiger partial charge in [0.05, 0.1) is 25.3 Å². The van der Waals surface area contributed by atoms with Gasteiger partial charge in [-0.1, -0.05) is 37.6 Å². The predicted molar refractivity (Wildman–Crippen MR) is 127 cm³/mol. The van der Waals surface area contributed by atoms with E-state index in [0.717, 1.165) is 12.8 Å². The zero-order valence-electron chi connectivity index (χ0n) is 19.7. The summed E-state index contributed by atoms with van der Waals surface area (Å²) in [5.74, 6) is -0.322. The van der Waals surface area contributed by atoms with Gasteiger partial charge in [-0.05, 0) is 50.3 Å². The predicted octanol–water partition coefficient (Wildman–Crippen LogP) is 3.86. The minimum Gasteiger partial charge on any atom is -0.507 e. The number of Topliss-reactive ketones (excluding diaryl/α,β-unsaturated/α-hetero) is 1. The molecule has 2 aromatic rings. The Bertz CT molecular complexity index is 1030. The van der Waals surface area contributed by atoms with Crippen LogP contribution in [0.3, 0.4) is 0 Å². The number of hydrogen-bond acceptors (Lipinski definition) is 6. The first kappa shape index (κ1) is 24.3. The van der Waals surface area contributed by atoms with Crippen LogP contribution in [0, 0.1) is 0 Å². The Kier molecular flexibility index (Phi) is 8.11. The van der Waals surface area contributed by atoms with Crippen LogP contribution < -0.4 is 9.47 Å². The van der Waals surface area contributed by atoms with E-state index in [9.17, 15) is 14.7 Å². The smallest absolute Gasteiger partial charge is 0.295 e. The molecule has 1 atom stereocenters. The number of hydrogen-bond donors (Lipinski definition) is 1. The van der Waals surface area contributed by atoms with Crippen molar-refractivity contribution in [3.63, 3.8) is 0 Å². The lowest BCUT2D eigenvalue weighted by Crippen LogP contribution is -2.35. The monoisotopic (exact) mass is 452 g/mol. The number of unbranched alkanes of at least 4 members (excludes halogenated alkanes) is 1. The highest BCUT2D eigenvalue weighted by Crippen LogP contribution is 2.40. The average Bonchev–Trinajstić information content (AvgIpc) is 3.07. The molecule has 0 radical (unpaired) electrons. The molecule has 0 saturated carbocycles. The molecular formula is C26H32N2O5. The van der Waals surface area contributed by atoms with Gasteiger partial charge >= 0.3 is 0 Å². The number of nitrogens with zero attached hydrogens (tertiary/aromatic N) is 2. The number of carbonyl (C=O) groups is 2. The van der Waals surface area contributed by atoms with Crippen molar-refractivity contribution in [3.05, 3.63) is 65.2 Å². The zero-order valence-corrected chi connectivity index (χ0v) is 19.7. The van der Waals surface area contributed by atoms with E-state index in [1.54, 1.807) is 37.4 Å². The molecule has 0 bridgehead atoms. The second-order valence-corrected chi connectivity index (χ2v) is 8.30. The third kappa shape index (κ3) is 5.54. The molecule has 1 aliphatic heterocycles. The van der Waals surface area contributed by atoms with Crippen LogP contribution >= 0.6 is 0 Å². The van der Waals surface area contributed by atoms with Gasteiger partial charge in [-0.3, -0.25) is 9.59 Å². The third-order valence-corrected chi connectivity index (χ3v) is 5.61. The first-order chi connectivity index (χ1) is 15.9. The average molecular weight is 453 g/mol. The summed E-state index contributed by atoms with van der Waals surface area (Å²) in [4.78, 5) is 29.6. The van der Waals surface area contributed by atoms with E-state index in [2.05, 4.69) is 6.92 Å². The minimum atomic E-state index is -0.718. The van der Waals surface area contributed by atoms with Crippen molar-refractivity contribution < 1.29 is 24.2 Å². The van der Waals surface area contributed by atoms with Crippen LogP contribution in [0.25, 0.3) is 5.76 Å². The van der Waals surface area contributed by atoms with Crippen molar-refractivity contribution in [2.24, 2.45) is 0 Å². The largest absolute Gasteiger partial charge is 0.507 e. The number of benzene rings is 2. The van der Waals surface area contributed by atoms with Gasteiger partial charge in [-0.15, -0.1) is 0 Å². The topological polar surface area (TPSA) is 79.3 Å². The molecule has 33 heavy (non-hydrogen) atoms. The Labute approximate surface area is 195 Å². The van der Waals surface area contributed by atoms with Gasteiger partial charge in [0.2, 0.25) is 0 Å². The van der Waals surface area contributed by atoms with Gasteiger partial charge in [-0.25, -0.2) is 0 Å². The van der Waals surface area contributed by atoms with E-state index in [1.807, 2.05) is 37.2 Å². The fourth-order valence-electron chi connectivity index (χ4n) is 3.80. The SMILES string of the molecule is CCCCOc1cccc(/C(O)=C2\C(=O)C(=O)N(CCN(C)C)C2c2cccc(OC)c2)c1. The van der Waals surface area contributed by atoms with Crippen molar-refractivity contribution in [2.75, 3.05) is 40.9 Å². The third-order valence-electron chi connectivity index (χ3n) is 5.61. The Morgan fingerprint density at radius 1 is 1.09 bits per heavy atom. The van der Waals surface area contributed by atoms with Crippen molar-refractivity contribution in [2.45, 2.75) is 25.8 Å². The zero-order chi connectivity index (χ0) is 24.0. The highest BCUT2D eigenvalue weighted by Gasteiger charge is 2.46. The van der Waals surface area contributed by atoms with E-state index in [0.29, 0.717) is 42.3 Å². The summed E-state index contributed by atoms with van der Waals surface area (Å²) in [6, 6.07) is 13.5. The molecule has 1 saturated heterocycles. The van der Waals surface area contributed by atoms with Gasteiger partial charge in [-0.2, -0.15) is 0 Å². The molecule has 3 rings (SSSR count). The number of carbonyl (C=O) groups excluding carboxylic acids is 2. The summed E-state index contributed by atoms with van der Waals surface area (Å²) in [6.45, 7) is 3.57. The molecule has 7 heteroatoms. The van der Waals surface area contributed by atoms with E-state index in [-0.39, 0.29) is 11.3 Å². The van der Waals surface area contributed by atoms with E-state index in [1.165, 1.54) is 4.90 Å². The van der Waals surface area contributed by atoms with Gasteiger partial charge < -0.3 is 24.4 Å². The number of methoxy groups -OCH3 is 1. The maximum atomic E-state index is 13.1. The summed E-state index contributed by atoms with van der Waals surface area (Å²) in [7, 11) is 5.37. The van der Waals surface area contributed by atoms with Crippen LogP contribution in [0.2, 0.25) is 0 Å². The van der Waals surface area contributed by atoms with Gasteiger partial charge in [0.15, 0.2) is 0 Å². The fraction of sp³-hybridized carbons (Fsp3) is 0.385. The lowest BCUT2D eigenvalue weighted by Gasteiger charge is -2.26. The molecule has 2 aromatic carbocycles. The van der Waals surface area contributed by atoms with Gasteiger partial charge in [0.1, 0.15) is 17.3 Å². The Morgan fingerprint density at radius 2 is 1.82 bits per heavy atom. The summed E-state index contributed by atoms with van der Waals surface area (Å²) in [5.41, 5.74) is 1.20. The summed E-state index contributed by atoms with van der Waals surface area (Å²) in [6.07, 6.45) is 1.93.